The van der Waals surface area contributed by atoms with Crippen LogP contribution in [0.3, 0.4) is 0 Å². The molecule has 0 spiro atoms. The normalized spacial score (nSPS) is 17.6. The zero-order valence-electron chi connectivity index (χ0n) is 22.8. The molecule has 13 heteroatoms. The SMILES string of the molecule is NC(=O)C[C@H]1CN(S(=O)(=O)c2ccc3cc(Cl)ccc3c2)C[C@H](CC(N)=O)N1C(=O)c1ccc(-c2cc[n+]([O-])cc2)cc1. The molecule has 2 atom stereocenters. The van der Waals surface area contributed by atoms with Gasteiger partial charge in [-0.3, -0.25) is 14.4 Å². The number of sulfonamides is 1. The molecule has 1 aromatic heterocycles. The lowest BCUT2D eigenvalue weighted by Gasteiger charge is -2.45. The Kier molecular flexibility index (Phi) is 8.36. The Bertz CT molecular complexity index is 1790. The van der Waals surface area contributed by atoms with Crippen molar-refractivity contribution in [1.29, 1.82) is 0 Å². The van der Waals surface area contributed by atoms with E-state index < -0.39 is 39.8 Å². The number of carbonyl (C=O) groups is 3. The van der Waals surface area contributed by atoms with Gasteiger partial charge in [0.2, 0.25) is 21.8 Å². The van der Waals surface area contributed by atoms with Crippen molar-refractivity contribution in [2.75, 3.05) is 13.1 Å². The largest absolute Gasteiger partial charge is 0.619 e. The van der Waals surface area contributed by atoms with Gasteiger partial charge in [-0.05, 0) is 58.3 Å². The monoisotopic (exact) mass is 621 g/mol. The predicted molar refractivity (Wildman–Crippen MR) is 160 cm³/mol. The van der Waals surface area contributed by atoms with E-state index in [1.807, 2.05) is 0 Å². The molecule has 0 radical (unpaired) electrons. The Morgan fingerprint density at radius 1 is 0.814 bits per heavy atom. The van der Waals surface area contributed by atoms with Crippen molar-refractivity contribution in [3.05, 3.63) is 101 Å². The Hall–Kier alpha value is -4.52. The number of hydrogen-bond acceptors (Lipinski definition) is 6. The summed E-state index contributed by atoms with van der Waals surface area (Å²) in [7, 11) is -4.12. The molecule has 11 nitrogen and oxygen atoms in total. The summed E-state index contributed by atoms with van der Waals surface area (Å²) in [4.78, 5) is 39.5. The molecule has 0 aliphatic carbocycles. The summed E-state index contributed by atoms with van der Waals surface area (Å²) in [5.41, 5.74) is 12.8. The van der Waals surface area contributed by atoms with Gasteiger partial charge < -0.3 is 21.6 Å². The standard InChI is InChI=1S/C30H28ClN5O6S/c31-24-7-5-23-14-27(8-6-22(23)13-24)43(41,42)35-17-25(15-28(32)37)36(26(18-35)16-29(33)38)30(39)21-3-1-19(2-4-21)20-9-11-34(40)12-10-20/h1-14,25-26H,15-18H2,(H2,32,37)(H2,33,38)/t25-,26-/m0/s1. The second-order valence-corrected chi connectivity index (χ2v) is 12.7. The molecule has 0 saturated carbocycles. The highest BCUT2D eigenvalue weighted by Crippen LogP contribution is 2.30. The van der Waals surface area contributed by atoms with Crippen LogP contribution in [0.25, 0.3) is 21.9 Å². The molecule has 5 rings (SSSR count). The number of halogens is 1. The maximum Gasteiger partial charge on any atom is 0.254 e. The molecule has 4 aromatic rings. The van der Waals surface area contributed by atoms with Crippen molar-refractivity contribution in [3.8, 4) is 11.1 Å². The number of carbonyl (C=O) groups excluding carboxylic acids is 3. The summed E-state index contributed by atoms with van der Waals surface area (Å²) < 4.78 is 29.5. The number of hydrogen-bond donors (Lipinski definition) is 2. The topological polar surface area (TPSA) is 171 Å². The molecule has 3 amide bonds. The third kappa shape index (κ3) is 6.46. The van der Waals surface area contributed by atoms with E-state index in [2.05, 4.69) is 0 Å². The second kappa shape index (κ2) is 12.0. The molecule has 3 aromatic carbocycles. The van der Waals surface area contributed by atoms with Crippen molar-refractivity contribution in [2.24, 2.45) is 11.5 Å². The minimum Gasteiger partial charge on any atom is -0.619 e. The van der Waals surface area contributed by atoms with Crippen LogP contribution in [0.4, 0.5) is 0 Å². The maximum atomic E-state index is 13.9. The molecule has 0 bridgehead atoms. The van der Waals surface area contributed by atoms with Gasteiger partial charge in [-0.25, -0.2) is 8.42 Å². The maximum absolute atomic E-state index is 13.9. The molecule has 2 heterocycles. The van der Waals surface area contributed by atoms with Crippen LogP contribution in [0.15, 0.2) is 90.1 Å². The number of nitrogens with zero attached hydrogens (tertiary/aromatic N) is 3. The Morgan fingerprint density at radius 2 is 1.35 bits per heavy atom. The lowest BCUT2D eigenvalue weighted by molar-refractivity contribution is -0.605. The molecular weight excluding hydrogens is 594 g/mol. The lowest BCUT2D eigenvalue weighted by atomic mass is 9.99. The average molecular weight is 622 g/mol. The fourth-order valence-electron chi connectivity index (χ4n) is 5.40. The van der Waals surface area contributed by atoms with Crippen molar-refractivity contribution in [1.82, 2.24) is 9.21 Å². The van der Waals surface area contributed by atoms with Gasteiger partial charge in [-0.2, -0.15) is 9.04 Å². The van der Waals surface area contributed by atoms with Crippen LogP contribution < -0.4 is 16.2 Å². The van der Waals surface area contributed by atoms with Gasteiger partial charge >= 0.3 is 0 Å². The Labute approximate surface area is 252 Å². The van der Waals surface area contributed by atoms with Crippen LogP contribution in [0.2, 0.25) is 5.02 Å². The Morgan fingerprint density at radius 3 is 1.93 bits per heavy atom. The molecule has 1 aliphatic heterocycles. The first-order chi connectivity index (χ1) is 20.4. The quantitative estimate of drug-likeness (QED) is 0.226. The first kappa shape index (κ1) is 30.0. The number of fused-ring (bicyclic) bond motifs is 1. The molecular formula is C30H28ClN5O6S. The number of piperazine rings is 1. The molecule has 222 valence electrons. The molecule has 4 N–H and O–H groups in total. The van der Waals surface area contributed by atoms with Crippen LogP contribution in [0, 0.1) is 5.21 Å². The molecule has 1 saturated heterocycles. The van der Waals surface area contributed by atoms with Crippen LogP contribution in [-0.4, -0.2) is 60.5 Å². The summed E-state index contributed by atoms with van der Waals surface area (Å²) in [6.07, 6.45) is 2.05. The predicted octanol–water partition coefficient (Wildman–Crippen LogP) is 2.43. The van der Waals surface area contributed by atoms with Crippen LogP contribution in [-0.2, 0) is 19.6 Å². The van der Waals surface area contributed by atoms with E-state index >= 15 is 0 Å². The smallest absolute Gasteiger partial charge is 0.254 e. The summed E-state index contributed by atoms with van der Waals surface area (Å²) >= 11 is 6.06. The number of primary amides is 2. The number of rotatable bonds is 8. The van der Waals surface area contributed by atoms with Crippen molar-refractivity contribution >= 4 is 50.1 Å². The van der Waals surface area contributed by atoms with E-state index in [4.69, 9.17) is 23.1 Å². The van der Waals surface area contributed by atoms with E-state index in [9.17, 15) is 28.0 Å². The van der Waals surface area contributed by atoms with Gasteiger partial charge in [0.05, 0.1) is 17.0 Å². The summed E-state index contributed by atoms with van der Waals surface area (Å²) in [6, 6.07) is 17.7. The third-order valence-corrected chi connectivity index (χ3v) is 9.47. The van der Waals surface area contributed by atoms with E-state index in [0.717, 1.165) is 20.8 Å². The third-order valence-electron chi connectivity index (χ3n) is 7.40. The second-order valence-electron chi connectivity index (χ2n) is 10.4. The van der Waals surface area contributed by atoms with E-state index in [-0.39, 0.29) is 36.4 Å². The Balaban J connectivity index is 1.47. The van der Waals surface area contributed by atoms with Gasteiger partial charge in [0.25, 0.3) is 5.91 Å². The molecule has 1 aliphatic rings. The molecule has 1 fully saturated rings. The van der Waals surface area contributed by atoms with Crippen molar-refractivity contribution in [3.63, 3.8) is 0 Å². The van der Waals surface area contributed by atoms with Gasteiger partial charge in [0.1, 0.15) is 0 Å². The first-order valence-electron chi connectivity index (χ1n) is 13.3. The first-order valence-corrected chi connectivity index (χ1v) is 15.1. The van der Waals surface area contributed by atoms with Crippen LogP contribution >= 0.6 is 11.6 Å². The number of benzene rings is 3. The van der Waals surface area contributed by atoms with Crippen LogP contribution in [0.5, 0.6) is 0 Å². The minimum absolute atomic E-state index is 0.0109. The highest BCUT2D eigenvalue weighted by molar-refractivity contribution is 7.89. The highest BCUT2D eigenvalue weighted by atomic mass is 35.5. The zero-order chi connectivity index (χ0) is 30.9. The van der Waals surface area contributed by atoms with E-state index in [0.29, 0.717) is 15.1 Å². The highest BCUT2D eigenvalue weighted by Gasteiger charge is 2.43. The van der Waals surface area contributed by atoms with Crippen molar-refractivity contribution < 1.29 is 27.5 Å². The lowest BCUT2D eigenvalue weighted by Crippen LogP contribution is -2.62. The number of amides is 3. The number of pyridine rings is 1. The van der Waals surface area contributed by atoms with Gasteiger partial charge in [0, 0.05) is 48.6 Å². The van der Waals surface area contributed by atoms with Gasteiger partial charge in [-0.15, -0.1) is 0 Å². The summed E-state index contributed by atoms with van der Waals surface area (Å²) in [5, 5.41) is 13.3. The number of aromatic nitrogens is 1. The zero-order valence-corrected chi connectivity index (χ0v) is 24.4. The summed E-state index contributed by atoms with van der Waals surface area (Å²) in [5.74, 6) is -1.98. The average Bonchev–Trinajstić information content (AvgIpc) is 2.96. The molecule has 0 unspecified atom stereocenters. The van der Waals surface area contributed by atoms with Crippen LogP contribution in [0.1, 0.15) is 23.2 Å². The summed E-state index contributed by atoms with van der Waals surface area (Å²) in [6.45, 7) is -0.440. The fraction of sp³-hybridized carbons (Fsp3) is 0.200. The molecule has 43 heavy (non-hydrogen) atoms. The fourth-order valence-corrected chi connectivity index (χ4v) is 7.13. The van der Waals surface area contributed by atoms with E-state index in [1.54, 1.807) is 60.7 Å². The number of nitrogens with two attached hydrogens (primary N) is 2. The van der Waals surface area contributed by atoms with Gasteiger partial charge in [0.15, 0.2) is 12.4 Å². The van der Waals surface area contributed by atoms with Gasteiger partial charge in [-0.1, -0.05) is 35.9 Å². The minimum atomic E-state index is -4.12. The van der Waals surface area contributed by atoms with E-state index in [1.165, 1.54) is 29.4 Å². The van der Waals surface area contributed by atoms with Crippen molar-refractivity contribution in [2.45, 2.75) is 29.8 Å².